The second kappa shape index (κ2) is 6.40. The van der Waals surface area contributed by atoms with Crippen LogP contribution < -0.4 is 9.46 Å². The Hall–Kier alpha value is -1.74. The Morgan fingerprint density at radius 3 is 2.65 bits per heavy atom. The maximum Gasteiger partial charge on any atom is 0.387 e. The average molecular weight is 345 g/mol. The van der Waals surface area contributed by atoms with Gasteiger partial charge in [-0.25, -0.2) is 0 Å². The lowest BCUT2D eigenvalue weighted by atomic mass is 10.1. The Morgan fingerprint density at radius 2 is 1.96 bits per heavy atom. The van der Waals surface area contributed by atoms with Crippen LogP contribution in [0.5, 0.6) is 5.75 Å². The Morgan fingerprint density at radius 1 is 1.22 bits per heavy atom. The van der Waals surface area contributed by atoms with E-state index in [9.17, 15) is 17.2 Å². The summed E-state index contributed by atoms with van der Waals surface area (Å²) < 4.78 is 59.0. The molecule has 3 rings (SSSR count). The molecule has 0 saturated carbocycles. The summed E-state index contributed by atoms with van der Waals surface area (Å²) in [5.74, 6) is 0.589. The van der Waals surface area contributed by atoms with E-state index in [1.54, 1.807) is 12.1 Å². The van der Waals surface area contributed by atoms with Gasteiger partial charge in [-0.3, -0.25) is 0 Å². The molecule has 0 amide bonds. The fraction of sp³-hybridized carbons (Fsp3) is 0.500. The van der Waals surface area contributed by atoms with Gasteiger partial charge in [-0.2, -0.15) is 21.9 Å². The quantitative estimate of drug-likeness (QED) is 0.913. The summed E-state index contributed by atoms with van der Waals surface area (Å²) in [7, 11) is -3.75. The van der Waals surface area contributed by atoms with Crippen LogP contribution in [0.4, 0.5) is 8.78 Å². The van der Waals surface area contributed by atoms with Crippen LogP contribution in [-0.4, -0.2) is 32.3 Å². The Kier molecular flexibility index (Phi) is 4.49. The Balaban J connectivity index is 1.89. The third kappa shape index (κ3) is 3.78. The zero-order chi connectivity index (χ0) is 16.4. The van der Waals surface area contributed by atoms with Crippen molar-refractivity contribution in [1.82, 2.24) is 9.62 Å². The van der Waals surface area contributed by atoms with Gasteiger partial charge in [0, 0.05) is 13.0 Å². The summed E-state index contributed by atoms with van der Waals surface area (Å²) in [6, 6.07) is 5.97. The molecule has 1 fully saturated rings. The van der Waals surface area contributed by atoms with Crippen LogP contribution in [-0.2, 0) is 10.2 Å². The van der Waals surface area contributed by atoms with E-state index in [4.69, 9.17) is 0 Å². The van der Waals surface area contributed by atoms with E-state index in [1.165, 1.54) is 12.1 Å². The third-order valence-corrected chi connectivity index (χ3v) is 4.82. The number of hydrogen-bond acceptors (Lipinski definition) is 4. The van der Waals surface area contributed by atoms with Gasteiger partial charge in [0.1, 0.15) is 17.8 Å². The summed E-state index contributed by atoms with van der Waals surface area (Å²) in [4.78, 5) is 1.93. The van der Waals surface area contributed by atoms with E-state index in [1.807, 2.05) is 4.90 Å². The summed E-state index contributed by atoms with van der Waals surface area (Å²) in [6.07, 6.45) is 2.90. The summed E-state index contributed by atoms with van der Waals surface area (Å²) >= 11 is 0. The van der Waals surface area contributed by atoms with Gasteiger partial charge in [0.05, 0.1) is 0 Å². The minimum atomic E-state index is -3.75. The number of nitrogens with one attached hydrogen (secondary N) is 1. The molecule has 0 aliphatic carbocycles. The van der Waals surface area contributed by atoms with Crippen molar-refractivity contribution in [1.29, 1.82) is 0 Å². The molecule has 1 aromatic carbocycles. The highest BCUT2D eigenvalue weighted by Gasteiger charge is 2.33. The molecule has 0 bridgehead atoms. The van der Waals surface area contributed by atoms with Crippen LogP contribution in [0.25, 0.3) is 0 Å². The molecule has 2 heterocycles. The predicted molar refractivity (Wildman–Crippen MR) is 80.5 cm³/mol. The fourth-order valence-corrected chi connectivity index (χ4v) is 3.91. The van der Waals surface area contributed by atoms with Crippen molar-refractivity contribution in [2.24, 2.45) is 4.40 Å². The van der Waals surface area contributed by atoms with Crippen LogP contribution in [0.1, 0.15) is 37.4 Å². The molecule has 0 spiro atoms. The predicted octanol–water partition coefficient (Wildman–Crippen LogP) is 2.41. The van der Waals surface area contributed by atoms with Gasteiger partial charge in [0.2, 0.25) is 0 Å². The normalized spacial score (nSPS) is 23.9. The Bertz CT molecular complexity index is 692. The largest absolute Gasteiger partial charge is 0.435 e. The molecule has 9 heteroatoms. The highest BCUT2D eigenvalue weighted by molar-refractivity contribution is 7.88. The van der Waals surface area contributed by atoms with Crippen LogP contribution in [0.3, 0.4) is 0 Å². The monoisotopic (exact) mass is 345 g/mol. The fourth-order valence-electron chi connectivity index (χ4n) is 2.84. The number of amidine groups is 1. The first-order chi connectivity index (χ1) is 10.9. The zero-order valence-corrected chi connectivity index (χ0v) is 13.1. The van der Waals surface area contributed by atoms with Crippen molar-refractivity contribution in [3.63, 3.8) is 0 Å². The minimum absolute atomic E-state index is 0.0344. The number of rotatable bonds is 3. The topological polar surface area (TPSA) is 71.0 Å². The molecule has 6 nitrogen and oxygen atoms in total. The molecule has 0 radical (unpaired) electrons. The molecule has 0 unspecified atom stereocenters. The molecular weight excluding hydrogens is 328 g/mol. The van der Waals surface area contributed by atoms with Crippen LogP contribution in [0, 0.1) is 0 Å². The molecule has 0 aromatic heterocycles. The van der Waals surface area contributed by atoms with Crippen LogP contribution in [0.2, 0.25) is 0 Å². The number of alkyl halides is 2. The average Bonchev–Trinajstić information content (AvgIpc) is 2.71. The summed E-state index contributed by atoms with van der Waals surface area (Å²) in [5, 5.41) is 0. The molecule has 2 aliphatic heterocycles. The lowest BCUT2D eigenvalue weighted by Crippen LogP contribution is -2.48. The first-order valence-corrected chi connectivity index (χ1v) is 8.81. The molecule has 23 heavy (non-hydrogen) atoms. The molecule has 126 valence electrons. The zero-order valence-electron chi connectivity index (χ0n) is 12.3. The molecule has 1 saturated heterocycles. The number of benzene rings is 1. The number of ether oxygens (including phenoxy) is 1. The SMILES string of the molecule is O=S1(=O)N=C2CCCCCN2[C@@H](c2ccc(OC(F)F)cc2)N1. The number of halogens is 2. The van der Waals surface area contributed by atoms with E-state index >= 15 is 0 Å². The lowest BCUT2D eigenvalue weighted by Gasteiger charge is -2.36. The standard InChI is InChI=1S/C14H17F2N3O3S/c15-14(16)22-11-7-5-10(6-8-11)13-18-23(20,21)17-12-4-2-1-3-9-19(12)13/h5-8,13-14,18H,1-4,9H2/t13-/m0/s1. The second-order valence-electron chi connectivity index (χ2n) is 5.45. The summed E-state index contributed by atoms with van der Waals surface area (Å²) in [6.45, 7) is -2.19. The Labute approximate surface area is 133 Å². The van der Waals surface area contributed by atoms with E-state index in [0.29, 0.717) is 24.4 Å². The van der Waals surface area contributed by atoms with Gasteiger partial charge in [-0.15, -0.1) is 4.40 Å². The van der Waals surface area contributed by atoms with Crippen molar-refractivity contribution in [2.45, 2.75) is 38.5 Å². The van der Waals surface area contributed by atoms with Gasteiger partial charge in [0.15, 0.2) is 0 Å². The second-order valence-corrected chi connectivity index (χ2v) is 6.82. The number of hydrogen-bond donors (Lipinski definition) is 1. The lowest BCUT2D eigenvalue weighted by molar-refractivity contribution is -0.0498. The van der Waals surface area contributed by atoms with Gasteiger partial charge in [-0.1, -0.05) is 18.6 Å². The van der Waals surface area contributed by atoms with Crippen molar-refractivity contribution in [3.8, 4) is 5.75 Å². The smallest absolute Gasteiger partial charge is 0.387 e. The molecule has 1 N–H and O–H groups in total. The highest BCUT2D eigenvalue weighted by atomic mass is 32.2. The first-order valence-electron chi connectivity index (χ1n) is 7.37. The molecule has 1 atom stereocenters. The van der Waals surface area contributed by atoms with E-state index < -0.39 is 23.0 Å². The van der Waals surface area contributed by atoms with Crippen molar-refractivity contribution >= 4 is 16.0 Å². The maximum absolute atomic E-state index is 12.2. The maximum atomic E-state index is 12.2. The highest BCUT2D eigenvalue weighted by Crippen LogP contribution is 2.29. The van der Waals surface area contributed by atoms with Crippen molar-refractivity contribution < 1.29 is 21.9 Å². The van der Waals surface area contributed by atoms with E-state index in [-0.39, 0.29) is 5.75 Å². The van der Waals surface area contributed by atoms with Crippen molar-refractivity contribution in [3.05, 3.63) is 29.8 Å². The first kappa shape index (κ1) is 16.1. The van der Waals surface area contributed by atoms with Gasteiger partial charge in [-0.05, 0) is 30.5 Å². The van der Waals surface area contributed by atoms with Gasteiger partial charge in [0.25, 0.3) is 0 Å². The van der Waals surface area contributed by atoms with Crippen molar-refractivity contribution in [2.75, 3.05) is 6.54 Å². The van der Waals surface area contributed by atoms with E-state index in [0.717, 1.165) is 19.3 Å². The van der Waals surface area contributed by atoms with Gasteiger partial charge < -0.3 is 9.64 Å². The van der Waals surface area contributed by atoms with Crippen LogP contribution >= 0.6 is 0 Å². The van der Waals surface area contributed by atoms with E-state index in [2.05, 4.69) is 13.9 Å². The molecular formula is C14H17F2N3O3S. The third-order valence-electron chi connectivity index (χ3n) is 3.85. The van der Waals surface area contributed by atoms with Gasteiger partial charge >= 0.3 is 16.8 Å². The minimum Gasteiger partial charge on any atom is -0.435 e. The number of nitrogens with zero attached hydrogens (tertiary/aromatic N) is 2. The molecule has 2 aliphatic rings. The molecule has 1 aromatic rings. The number of fused-ring (bicyclic) bond motifs is 1. The summed E-state index contributed by atoms with van der Waals surface area (Å²) in [5.41, 5.74) is 0.657. The van der Waals surface area contributed by atoms with Crippen LogP contribution in [0.15, 0.2) is 28.7 Å².